The van der Waals surface area contributed by atoms with E-state index < -0.39 is 0 Å². The number of halogens is 1. The van der Waals surface area contributed by atoms with E-state index in [0.29, 0.717) is 0 Å². The van der Waals surface area contributed by atoms with Crippen molar-refractivity contribution in [3.05, 3.63) is 35.9 Å². The van der Waals surface area contributed by atoms with Gasteiger partial charge in [0, 0.05) is 25.2 Å². The van der Waals surface area contributed by atoms with Gasteiger partial charge in [0.05, 0.1) is 6.61 Å². The van der Waals surface area contributed by atoms with Crippen molar-refractivity contribution in [2.45, 2.75) is 24.9 Å². The lowest BCUT2D eigenvalue weighted by Gasteiger charge is -2.38. The second-order valence-electron chi connectivity index (χ2n) is 4.78. The topological polar surface area (TPSA) is 49.5 Å². The van der Waals surface area contributed by atoms with Crippen LogP contribution < -0.4 is 5.73 Å². The van der Waals surface area contributed by atoms with E-state index in [2.05, 4.69) is 29.2 Å². The molecule has 1 aliphatic heterocycles. The molecule has 0 amide bonds. The summed E-state index contributed by atoms with van der Waals surface area (Å²) < 4.78 is 0. The highest BCUT2D eigenvalue weighted by Crippen LogP contribution is 2.20. The first-order valence-corrected chi connectivity index (χ1v) is 5.88. The quantitative estimate of drug-likeness (QED) is 0.860. The summed E-state index contributed by atoms with van der Waals surface area (Å²) in [7, 11) is 0. The molecule has 1 fully saturated rings. The second kappa shape index (κ2) is 6.36. The molecule has 0 bridgehead atoms. The van der Waals surface area contributed by atoms with Gasteiger partial charge in [-0.05, 0) is 18.4 Å². The molecule has 0 aromatic heterocycles. The number of hydrogen-bond acceptors (Lipinski definition) is 3. The zero-order valence-electron chi connectivity index (χ0n) is 10.0. The summed E-state index contributed by atoms with van der Waals surface area (Å²) in [6.45, 7) is 3.05. The van der Waals surface area contributed by atoms with Gasteiger partial charge in [-0.3, -0.25) is 4.90 Å². The van der Waals surface area contributed by atoms with Crippen molar-refractivity contribution in [2.24, 2.45) is 5.73 Å². The van der Waals surface area contributed by atoms with Crippen LogP contribution >= 0.6 is 12.4 Å². The van der Waals surface area contributed by atoms with E-state index in [9.17, 15) is 5.11 Å². The standard InChI is InChI=1S/C13H20N2O.ClH/c14-13(11-16)6-8-15(9-7-13)10-12-4-2-1-3-5-12;/h1-5,16H,6-11,14H2;1H. The van der Waals surface area contributed by atoms with Crippen LogP contribution in [0.1, 0.15) is 18.4 Å². The van der Waals surface area contributed by atoms with Gasteiger partial charge in [0.1, 0.15) is 0 Å². The lowest BCUT2D eigenvalue weighted by atomic mass is 9.89. The van der Waals surface area contributed by atoms with E-state index >= 15 is 0 Å². The van der Waals surface area contributed by atoms with Crippen molar-refractivity contribution in [3.8, 4) is 0 Å². The lowest BCUT2D eigenvalue weighted by molar-refractivity contribution is 0.102. The van der Waals surface area contributed by atoms with Crippen LogP contribution in [0.3, 0.4) is 0 Å². The van der Waals surface area contributed by atoms with Gasteiger partial charge in [-0.25, -0.2) is 0 Å². The van der Waals surface area contributed by atoms with Crippen LogP contribution in [-0.2, 0) is 6.54 Å². The summed E-state index contributed by atoms with van der Waals surface area (Å²) in [6, 6.07) is 10.5. The monoisotopic (exact) mass is 256 g/mol. The van der Waals surface area contributed by atoms with Gasteiger partial charge in [-0.15, -0.1) is 12.4 Å². The van der Waals surface area contributed by atoms with Crippen LogP contribution in [0, 0.1) is 0 Å². The third-order valence-corrected chi connectivity index (χ3v) is 3.42. The average molecular weight is 257 g/mol. The molecule has 0 aliphatic carbocycles. The predicted octanol–water partition coefficient (Wildman–Crippen LogP) is 1.39. The smallest absolute Gasteiger partial charge is 0.0612 e. The number of rotatable bonds is 3. The van der Waals surface area contributed by atoms with Gasteiger partial charge in [0.15, 0.2) is 0 Å². The van der Waals surface area contributed by atoms with E-state index in [4.69, 9.17) is 5.73 Å². The molecule has 1 aliphatic rings. The number of nitrogens with two attached hydrogens (primary N) is 1. The molecule has 3 nitrogen and oxygen atoms in total. The minimum absolute atomic E-state index is 0. The summed E-state index contributed by atoms with van der Waals surface area (Å²) in [6.07, 6.45) is 1.77. The molecule has 4 heteroatoms. The number of aliphatic hydroxyl groups excluding tert-OH is 1. The van der Waals surface area contributed by atoms with Gasteiger partial charge in [0.2, 0.25) is 0 Å². The summed E-state index contributed by atoms with van der Waals surface area (Å²) in [5.41, 5.74) is 7.04. The molecular formula is C13H21ClN2O. The molecule has 17 heavy (non-hydrogen) atoms. The SMILES string of the molecule is Cl.NC1(CO)CCN(Cc2ccccc2)CC1. The van der Waals surface area contributed by atoms with Gasteiger partial charge >= 0.3 is 0 Å². The maximum Gasteiger partial charge on any atom is 0.0612 e. The number of benzene rings is 1. The van der Waals surface area contributed by atoms with Crippen LogP contribution in [0.5, 0.6) is 0 Å². The van der Waals surface area contributed by atoms with E-state index in [0.717, 1.165) is 32.5 Å². The Bertz CT molecular complexity index is 323. The van der Waals surface area contributed by atoms with E-state index in [1.165, 1.54) is 5.56 Å². The highest BCUT2D eigenvalue weighted by atomic mass is 35.5. The maximum atomic E-state index is 9.18. The predicted molar refractivity (Wildman–Crippen MR) is 72.2 cm³/mol. The first kappa shape index (κ1) is 14.5. The maximum absolute atomic E-state index is 9.18. The molecule has 3 N–H and O–H groups in total. The third-order valence-electron chi connectivity index (χ3n) is 3.42. The van der Waals surface area contributed by atoms with Crippen molar-refractivity contribution >= 4 is 12.4 Å². The van der Waals surface area contributed by atoms with Crippen molar-refractivity contribution in [2.75, 3.05) is 19.7 Å². The molecule has 0 unspecified atom stereocenters. The first-order valence-electron chi connectivity index (χ1n) is 5.88. The molecule has 2 rings (SSSR count). The van der Waals surface area contributed by atoms with Crippen LogP contribution in [0.2, 0.25) is 0 Å². The highest BCUT2D eigenvalue weighted by Gasteiger charge is 2.29. The Labute approximate surface area is 109 Å². The fourth-order valence-corrected chi connectivity index (χ4v) is 2.16. The average Bonchev–Trinajstić information content (AvgIpc) is 2.34. The summed E-state index contributed by atoms with van der Waals surface area (Å²) in [4.78, 5) is 2.40. The Morgan fingerprint density at radius 2 is 1.76 bits per heavy atom. The lowest BCUT2D eigenvalue weighted by Crippen LogP contribution is -2.52. The van der Waals surface area contributed by atoms with E-state index in [1.54, 1.807) is 0 Å². The first-order chi connectivity index (χ1) is 7.72. The van der Waals surface area contributed by atoms with E-state index in [-0.39, 0.29) is 24.6 Å². The highest BCUT2D eigenvalue weighted by molar-refractivity contribution is 5.85. The third kappa shape index (κ3) is 3.96. The van der Waals surface area contributed by atoms with Crippen molar-refractivity contribution in [3.63, 3.8) is 0 Å². The largest absolute Gasteiger partial charge is 0.394 e. The Kier molecular flexibility index (Phi) is 5.40. The number of hydrogen-bond donors (Lipinski definition) is 2. The van der Waals surface area contributed by atoms with E-state index in [1.807, 2.05) is 6.07 Å². The van der Waals surface area contributed by atoms with Crippen molar-refractivity contribution in [1.82, 2.24) is 4.90 Å². The van der Waals surface area contributed by atoms with Crippen molar-refractivity contribution in [1.29, 1.82) is 0 Å². The Morgan fingerprint density at radius 1 is 1.18 bits per heavy atom. The number of aliphatic hydroxyl groups is 1. The van der Waals surface area contributed by atoms with Crippen LogP contribution in [0.25, 0.3) is 0 Å². The molecule has 1 heterocycles. The number of likely N-dealkylation sites (tertiary alicyclic amines) is 1. The van der Waals surface area contributed by atoms with Gasteiger partial charge in [0.25, 0.3) is 0 Å². The molecule has 0 saturated carbocycles. The van der Waals surface area contributed by atoms with Gasteiger partial charge in [-0.1, -0.05) is 30.3 Å². The van der Waals surface area contributed by atoms with Crippen molar-refractivity contribution < 1.29 is 5.11 Å². The Morgan fingerprint density at radius 3 is 2.29 bits per heavy atom. The fourth-order valence-electron chi connectivity index (χ4n) is 2.16. The zero-order chi connectivity index (χ0) is 11.4. The number of piperidine rings is 1. The molecular weight excluding hydrogens is 236 g/mol. The molecule has 0 radical (unpaired) electrons. The zero-order valence-corrected chi connectivity index (χ0v) is 10.8. The Balaban J connectivity index is 0.00000144. The summed E-state index contributed by atoms with van der Waals surface area (Å²) >= 11 is 0. The minimum atomic E-state index is -0.340. The van der Waals surface area contributed by atoms with Crippen LogP contribution in [0.15, 0.2) is 30.3 Å². The van der Waals surface area contributed by atoms with Gasteiger partial charge < -0.3 is 10.8 Å². The summed E-state index contributed by atoms with van der Waals surface area (Å²) in [5, 5.41) is 9.18. The second-order valence-corrected chi connectivity index (χ2v) is 4.78. The van der Waals surface area contributed by atoms with Gasteiger partial charge in [-0.2, -0.15) is 0 Å². The normalized spacial score (nSPS) is 19.6. The molecule has 1 aromatic rings. The summed E-state index contributed by atoms with van der Waals surface area (Å²) in [5.74, 6) is 0. The molecule has 1 saturated heterocycles. The molecule has 1 aromatic carbocycles. The van der Waals surface area contributed by atoms with Crippen LogP contribution in [0.4, 0.5) is 0 Å². The fraction of sp³-hybridized carbons (Fsp3) is 0.538. The Hall–Kier alpha value is -0.610. The molecule has 96 valence electrons. The number of nitrogens with zero attached hydrogens (tertiary/aromatic N) is 1. The molecule has 0 atom stereocenters. The van der Waals surface area contributed by atoms with Crippen LogP contribution in [-0.4, -0.2) is 35.2 Å². The minimum Gasteiger partial charge on any atom is -0.394 e. The molecule has 0 spiro atoms.